The van der Waals surface area contributed by atoms with Crippen LogP contribution in [0.3, 0.4) is 0 Å². The summed E-state index contributed by atoms with van der Waals surface area (Å²) in [6, 6.07) is 26.9. The molecule has 0 saturated heterocycles. The zero-order valence-corrected chi connectivity index (χ0v) is 16.0. The first-order valence-electron chi connectivity index (χ1n) is 9.26. The van der Waals surface area contributed by atoms with E-state index in [1.807, 2.05) is 37.3 Å². The van der Waals surface area contributed by atoms with E-state index in [0.717, 1.165) is 11.1 Å². The summed E-state index contributed by atoms with van der Waals surface area (Å²) in [5, 5.41) is 15.5. The van der Waals surface area contributed by atoms with Crippen molar-refractivity contribution in [2.24, 2.45) is 0 Å². The van der Waals surface area contributed by atoms with Gasteiger partial charge in [-0.05, 0) is 37.1 Å². The van der Waals surface area contributed by atoms with Crippen LogP contribution in [0.5, 0.6) is 0 Å². The smallest absolute Gasteiger partial charge is 0.241 e. The van der Waals surface area contributed by atoms with Crippen LogP contribution in [0, 0.1) is 18.3 Å². The molecule has 2 N–H and O–H groups in total. The second kappa shape index (κ2) is 8.98. The van der Waals surface area contributed by atoms with Crippen molar-refractivity contribution < 1.29 is 4.79 Å². The Hall–Kier alpha value is -3.42. The van der Waals surface area contributed by atoms with Crippen LogP contribution >= 0.6 is 0 Å². The Morgan fingerprint density at radius 3 is 2.18 bits per heavy atom. The fourth-order valence-electron chi connectivity index (χ4n) is 3.05. The van der Waals surface area contributed by atoms with Crippen LogP contribution in [0.2, 0.25) is 0 Å². The summed E-state index contributed by atoms with van der Waals surface area (Å²) < 4.78 is 0. The highest BCUT2D eigenvalue weighted by atomic mass is 16.2. The van der Waals surface area contributed by atoms with Crippen molar-refractivity contribution >= 4 is 11.6 Å². The molecule has 2 atom stereocenters. The van der Waals surface area contributed by atoms with Crippen molar-refractivity contribution in [3.05, 3.63) is 101 Å². The molecule has 0 saturated carbocycles. The standard InChI is InChI=1S/C24H23N3O/c1-17-12-14-20(15-13-17)23(19-8-4-3-5-9-19)26-18(2)24(28)27-22-11-7-6-10-21(22)16-25/h3-15,18,23,26H,1-2H3,(H,27,28)/t18-,23-/m1/s1. The van der Waals surface area contributed by atoms with Crippen LogP contribution in [-0.4, -0.2) is 11.9 Å². The predicted molar refractivity (Wildman–Crippen MR) is 112 cm³/mol. The molecule has 0 aromatic heterocycles. The van der Waals surface area contributed by atoms with E-state index in [1.165, 1.54) is 5.56 Å². The number of hydrogen-bond acceptors (Lipinski definition) is 3. The first-order chi connectivity index (χ1) is 13.6. The second-order valence-electron chi connectivity index (χ2n) is 6.79. The molecular weight excluding hydrogens is 346 g/mol. The molecule has 4 heteroatoms. The van der Waals surface area contributed by atoms with Crippen LogP contribution in [0.1, 0.15) is 35.2 Å². The maximum absolute atomic E-state index is 12.7. The summed E-state index contributed by atoms with van der Waals surface area (Å²) >= 11 is 0. The third-order valence-electron chi connectivity index (χ3n) is 4.66. The molecule has 0 radical (unpaired) electrons. The Bertz CT molecular complexity index is 975. The lowest BCUT2D eigenvalue weighted by atomic mass is 9.97. The molecule has 0 spiro atoms. The van der Waals surface area contributed by atoms with Gasteiger partial charge in [0, 0.05) is 0 Å². The maximum atomic E-state index is 12.7. The van der Waals surface area contributed by atoms with Crippen molar-refractivity contribution in [3.63, 3.8) is 0 Å². The van der Waals surface area contributed by atoms with E-state index in [4.69, 9.17) is 0 Å². The van der Waals surface area contributed by atoms with Gasteiger partial charge in [0.05, 0.1) is 23.3 Å². The molecule has 0 heterocycles. The minimum atomic E-state index is -0.460. The van der Waals surface area contributed by atoms with E-state index in [9.17, 15) is 10.1 Å². The lowest BCUT2D eigenvalue weighted by Gasteiger charge is -2.24. The highest BCUT2D eigenvalue weighted by Gasteiger charge is 2.21. The summed E-state index contributed by atoms with van der Waals surface area (Å²) in [5.41, 5.74) is 4.34. The topological polar surface area (TPSA) is 64.9 Å². The van der Waals surface area contributed by atoms with E-state index in [0.29, 0.717) is 11.3 Å². The van der Waals surface area contributed by atoms with Gasteiger partial charge in [-0.15, -0.1) is 0 Å². The van der Waals surface area contributed by atoms with Gasteiger partial charge in [-0.3, -0.25) is 10.1 Å². The van der Waals surface area contributed by atoms with Crippen LogP contribution in [-0.2, 0) is 4.79 Å². The molecule has 0 fully saturated rings. The zero-order valence-electron chi connectivity index (χ0n) is 16.0. The highest BCUT2D eigenvalue weighted by Crippen LogP contribution is 2.23. The molecule has 0 aliphatic heterocycles. The summed E-state index contributed by atoms with van der Waals surface area (Å²) in [7, 11) is 0. The molecule has 3 aromatic carbocycles. The van der Waals surface area contributed by atoms with E-state index in [1.54, 1.807) is 24.3 Å². The molecular formula is C24H23N3O. The number of nitrogens with zero attached hydrogens (tertiary/aromatic N) is 1. The normalized spacial score (nSPS) is 12.6. The number of benzene rings is 3. The fourth-order valence-corrected chi connectivity index (χ4v) is 3.05. The highest BCUT2D eigenvalue weighted by molar-refractivity contribution is 5.95. The first kappa shape index (κ1) is 19.3. The Kier molecular flexibility index (Phi) is 6.21. The number of amides is 1. The van der Waals surface area contributed by atoms with Crippen molar-refractivity contribution in [1.82, 2.24) is 5.32 Å². The average Bonchev–Trinajstić information content (AvgIpc) is 2.73. The van der Waals surface area contributed by atoms with Gasteiger partial charge in [0.15, 0.2) is 0 Å². The second-order valence-corrected chi connectivity index (χ2v) is 6.79. The lowest BCUT2D eigenvalue weighted by Crippen LogP contribution is -2.40. The molecule has 0 aliphatic carbocycles. The van der Waals surface area contributed by atoms with E-state index >= 15 is 0 Å². The maximum Gasteiger partial charge on any atom is 0.241 e. The lowest BCUT2D eigenvalue weighted by molar-refractivity contribution is -0.117. The van der Waals surface area contributed by atoms with Crippen LogP contribution in [0.25, 0.3) is 0 Å². The number of para-hydroxylation sites is 1. The molecule has 0 bridgehead atoms. The van der Waals surface area contributed by atoms with Gasteiger partial charge in [0.25, 0.3) is 0 Å². The number of nitrogens with one attached hydrogen (secondary N) is 2. The van der Waals surface area contributed by atoms with Crippen molar-refractivity contribution in [2.75, 3.05) is 5.32 Å². The monoisotopic (exact) mass is 369 g/mol. The first-order valence-corrected chi connectivity index (χ1v) is 9.26. The number of hydrogen-bond donors (Lipinski definition) is 2. The Balaban J connectivity index is 1.81. The number of anilines is 1. The Morgan fingerprint density at radius 1 is 0.893 bits per heavy atom. The van der Waals surface area contributed by atoms with Crippen LogP contribution in [0.15, 0.2) is 78.9 Å². The average molecular weight is 369 g/mol. The molecule has 140 valence electrons. The molecule has 3 rings (SSSR count). The van der Waals surface area contributed by atoms with Gasteiger partial charge in [-0.25, -0.2) is 0 Å². The minimum Gasteiger partial charge on any atom is -0.324 e. The van der Waals surface area contributed by atoms with Gasteiger partial charge in [-0.1, -0.05) is 72.3 Å². The Morgan fingerprint density at radius 2 is 1.50 bits per heavy atom. The molecule has 0 aliphatic rings. The summed E-state index contributed by atoms with van der Waals surface area (Å²) in [4.78, 5) is 12.7. The van der Waals surface area contributed by atoms with Crippen LogP contribution < -0.4 is 10.6 Å². The SMILES string of the molecule is Cc1ccc([C@H](N[C@H](C)C(=O)Nc2ccccc2C#N)c2ccccc2)cc1. The third-order valence-corrected chi connectivity index (χ3v) is 4.66. The van der Waals surface area contributed by atoms with Gasteiger partial charge < -0.3 is 5.32 Å². The van der Waals surface area contributed by atoms with Crippen molar-refractivity contribution in [2.45, 2.75) is 25.9 Å². The third kappa shape index (κ3) is 4.64. The van der Waals surface area contributed by atoms with Crippen LogP contribution in [0.4, 0.5) is 5.69 Å². The molecule has 1 amide bonds. The minimum absolute atomic E-state index is 0.117. The van der Waals surface area contributed by atoms with Gasteiger partial charge in [-0.2, -0.15) is 5.26 Å². The fraction of sp³-hybridized carbons (Fsp3) is 0.167. The van der Waals surface area contributed by atoms with Gasteiger partial charge in [0.1, 0.15) is 6.07 Å². The van der Waals surface area contributed by atoms with Gasteiger partial charge >= 0.3 is 0 Å². The zero-order chi connectivity index (χ0) is 19.9. The van der Waals surface area contributed by atoms with Crippen molar-refractivity contribution in [1.29, 1.82) is 5.26 Å². The number of carbonyl (C=O) groups is 1. The number of carbonyl (C=O) groups excluding carboxylic acids is 1. The molecule has 4 nitrogen and oxygen atoms in total. The number of aryl methyl sites for hydroxylation is 1. The quantitative estimate of drug-likeness (QED) is 0.669. The molecule has 0 unspecified atom stereocenters. The number of rotatable bonds is 6. The molecule has 28 heavy (non-hydrogen) atoms. The van der Waals surface area contributed by atoms with E-state index in [-0.39, 0.29) is 11.9 Å². The largest absolute Gasteiger partial charge is 0.324 e. The number of nitriles is 1. The van der Waals surface area contributed by atoms with E-state index in [2.05, 4.69) is 47.9 Å². The summed E-state index contributed by atoms with van der Waals surface area (Å²) in [6.07, 6.45) is 0. The molecule has 3 aromatic rings. The predicted octanol–water partition coefficient (Wildman–Crippen LogP) is 4.57. The van der Waals surface area contributed by atoms with Crippen molar-refractivity contribution in [3.8, 4) is 6.07 Å². The van der Waals surface area contributed by atoms with Gasteiger partial charge in [0.2, 0.25) is 5.91 Å². The summed E-state index contributed by atoms with van der Waals surface area (Å²) in [5.74, 6) is -0.184. The Labute approximate surface area is 165 Å². The van der Waals surface area contributed by atoms with E-state index < -0.39 is 6.04 Å². The summed E-state index contributed by atoms with van der Waals surface area (Å²) in [6.45, 7) is 3.88.